The van der Waals surface area contributed by atoms with E-state index in [0.29, 0.717) is 23.1 Å². The summed E-state index contributed by atoms with van der Waals surface area (Å²) in [5.41, 5.74) is 4.43. The van der Waals surface area contributed by atoms with Gasteiger partial charge in [-0.1, -0.05) is 37.1 Å². The zero-order chi connectivity index (χ0) is 20.5. The van der Waals surface area contributed by atoms with E-state index in [1.165, 1.54) is 70.9 Å². The van der Waals surface area contributed by atoms with Crippen LogP contribution in [-0.4, -0.2) is 40.1 Å². The van der Waals surface area contributed by atoms with Gasteiger partial charge in [-0.05, 0) is 74.0 Å². The first kappa shape index (κ1) is 20.1. The topological polar surface area (TPSA) is 77.8 Å². The maximum absolute atomic E-state index is 9.55. The Hall–Kier alpha value is -2.14. The van der Waals surface area contributed by atoms with E-state index < -0.39 is 11.9 Å². The van der Waals surface area contributed by atoms with Crippen molar-refractivity contribution in [3.8, 4) is 0 Å². The summed E-state index contributed by atoms with van der Waals surface area (Å²) >= 11 is 0. The zero-order valence-corrected chi connectivity index (χ0v) is 17.0. The molecule has 0 spiro atoms. The average Bonchev–Trinajstić information content (AvgIpc) is 3.47. The number of benzene rings is 1. The Labute approximate surface area is 172 Å². The maximum atomic E-state index is 9.55. The third kappa shape index (κ3) is 3.73. The summed E-state index contributed by atoms with van der Waals surface area (Å²) in [5.74, 6) is -1.49. The normalized spacial score (nSPS) is 30.6. The summed E-state index contributed by atoms with van der Waals surface area (Å²) in [7, 11) is 0. The molecule has 0 aromatic heterocycles. The van der Waals surface area contributed by atoms with E-state index in [2.05, 4.69) is 29.2 Å². The van der Waals surface area contributed by atoms with Crippen molar-refractivity contribution in [3.05, 3.63) is 47.5 Å². The van der Waals surface area contributed by atoms with Crippen molar-refractivity contribution in [2.45, 2.75) is 63.3 Å². The Morgan fingerprint density at radius 3 is 2.38 bits per heavy atom. The fraction of sp³-hybridized carbons (Fsp3) is 0.583. The minimum absolute atomic E-state index is 0.419. The third-order valence-corrected chi connectivity index (χ3v) is 7.60. The first-order valence-corrected chi connectivity index (χ1v) is 10.9. The quantitative estimate of drug-likeness (QED) is 0.744. The molecule has 1 aliphatic heterocycles. The molecule has 2 atom stereocenters. The fourth-order valence-electron chi connectivity index (χ4n) is 6.25. The Bertz CT molecular complexity index is 799. The lowest BCUT2D eigenvalue weighted by Gasteiger charge is -2.57. The largest absolute Gasteiger partial charge is 0.478 e. The molecule has 2 N–H and O–H groups in total. The van der Waals surface area contributed by atoms with Gasteiger partial charge in [0.1, 0.15) is 0 Å². The first-order valence-electron chi connectivity index (χ1n) is 10.9. The van der Waals surface area contributed by atoms with Gasteiger partial charge >= 0.3 is 11.9 Å². The van der Waals surface area contributed by atoms with Crippen molar-refractivity contribution >= 4 is 11.9 Å². The van der Waals surface area contributed by atoms with E-state index in [0.717, 1.165) is 5.92 Å². The zero-order valence-electron chi connectivity index (χ0n) is 17.0. The summed E-state index contributed by atoms with van der Waals surface area (Å²) in [6.45, 7) is 2.75. The highest BCUT2D eigenvalue weighted by atomic mass is 16.4. The van der Waals surface area contributed by atoms with Crippen molar-refractivity contribution in [1.29, 1.82) is 0 Å². The number of aryl methyl sites for hydroxylation is 1. The minimum Gasteiger partial charge on any atom is -0.478 e. The van der Waals surface area contributed by atoms with Crippen LogP contribution in [0.25, 0.3) is 0 Å². The number of hydrogen-bond donors (Lipinski definition) is 2. The van der Waals surface area contributed by atoms with Gasteiger partial charge in [-0.15, -0.1) is 0 Å². The van der Waals surface area contributed by atoms with Crippen LogP contribution in [0.5, 0.6) is 0 Å². The van der Waals surface area contributed by atoms with Gasteiger partial charge in [0.2, 0.25) is 0 Å². The van der Waals surface area contributed by atoms with Crippen LogP contribution in [0.1, 0.15) is 62.5 Å². The van der Waals surface area contributed by atoms with Crippen molar-refractivity contribution < 1.29 is 19.8 Å². The number of likely N-dealkylation sites (tertiary alicyclic amines) is 1. The molecule has 2 saturated carbocycles. The molecular weight excluding hydrogens is 366 g/mol. The van der Waals surface area contributed by atoms with Crippen molar-refractivity contribution in [1.82, 2.24) is 4.90 Å². The van der Waals surface area contributed by atoms with Gasteiger partial charge < -0.3 is 10.2 Å². The van der Waals surface area contributed by atoms with Crippen LogP contribution in [0.4, 0.5) is 0 Å². The van der Waals surface area contributed by atoms with Gasteiger partial charge in [0.15, 0.2) is 0 Å². The van der Waals surface area contributed by atoms with Gasteiger partial charge in [-0.25, -0.2) is 9.59 Å². The molecule has 4 aliphatic rings. The van der Waals surface area contributed by atoms with Gasteiger partial charge in [0.25, 0.3) is 0 Å². The highest BCUT2D eigenvalue weighted by Crippen LogP contribution is 2.65. The molecule has 3 aliphatic carbocycles. The number of rotatable bonds is 4. The predicted molar refractivity (Wildman–Crippen MR) is 111 cm³/mol. The van der Waals surface area contributed by atoms with E-state index in [9.17, 15) is 9.59 Å². The van der Waals surface area contributed by atoms with E-state index >= 15 is 0 Å². The molecule has 0 amide bonds. The van der Waals surface area contributed by atoms with Crippen LogP contribution >= 0.6 is 0 Å². The van der Waals surface area contributed by atoms with Crippen LogP contribution < -0.4 is 0 Å². The molecule has 156 valence electrons. The van der Waals surface area contributed by atoms with Gasteiger partial charge in [0.05, 0.1) is 5.54 Å². The molecule has 29 heavy (non-hydrogen) atoms. The van der Waals surface area contributed by atoms with Gasteiger partial charge in [0, 0.05) is 18.7 Å². The van der Waals surface area contributed by atoms with Crippen molar-refractivity contribution in [2.24, 2.45) is 11.3 Å². The van der Waals surface area contributed by atoms with E-state index in [4.69, 9.17) is 10.2 Å². The van der Waals surface area contributed by atoms with E-state index in [-0.39, 0.29) is 0 Å². The van der Waals surface area contributed by atoms with Crippen molar-refractivity contribution in [2.75, 3.05) is 13.1 Å². The molecule has 5 nitrogen and oxygen atoms in total. The number of carboxylic acid groups (broad SMARTS) is 2. The standard InChI is InChI=1S/C20H27N.C4H4O4/c1-2-6-18-17(5-1)9-12-19-10-3-4-11-20(18,19)21(14-13-19)15-16-7-8-16;5-3(6)1-2-4(7)8/h1-2,5-6,16H,3-4,7-15H2;1-2H,(H,5,6)(H,7,8)/b;2-1+. The molecule has 5 rings (SSSR count). The first-order chi connectivity index (χ1) is 14.0. The van der Waals surface area contributed by atoms with E-state index in [1.807, 2.05) is 0 Å². The molecule has 1 heterocycles. The lowest BCUT2D eigenvalue weighted by atomic mass is 9.53. The number of carbonyl (C=O) groups is 2. The summed E-state index contributed by atoms with van der Waals surface area (Å²) in [6.07, 6.45) is 14.2. The molecule has 1 aromatic rings. The number of carboxylic acids is 2. The number of nitrogens with zero attached hydrogens (tertiary/aromatic N) is 1. The molecule has 1 aromatic carbocycles. The predicted octanol–water partition coefficient (Wildman–Crippen LogP) is 4.22. The number of hydrogen-bond acceptors (Lipinski definition) is 3. The summed E-state index contributed by atoms with van der Waals surface area (Å²) in [6, 6.07) is 9.45. The van der Waals surface area contributed by atoms with Crippen LogP contribution in [0.3, 0.4) is 0 Å². The molecule has 2 unspecified atom stereocenters. The van der Waals surface area contributed by atoms with E-state index in [1.54, 1.807) is 11.1 Å². The molecule has 1 saturated heterocycles. The Morgan fingerprint density at radius 1 is 1.00 bits per heavy atom. The van der Waals surface area contributed by atoms with Gasteiger partial charge in [-0.3, -0.25) is 4.90 Å². The second-order valence-electron chi connectivity index (χ2n) is 9.15. The summed E-state index contributed by atoms with van der Waals surface area (Å²) in [4.78, 5) is 22.1. The second-order valence-corrected chi connectivity index (χ2v) is 9.15. The molecule has 0 bridgehead atoms. The molecule has 5 heteroatoms. The number of aliphatic carboxylic acids is 2. The van der Waals surface area contributed by atoms with Crippen LogP contribution in [-0.2, 0) is 21.5 Å². The minimum atomic E-state index is -1.26. The van der Waals surface area contributed by atoms with Gasteiger partial charge in [-0.2, -0.15) is 0 Å². The molecular formula is C24H31NO4. The SMILES string of the molecule is O=C(O)/C=C/C(=O)O.c1ccc2c(c1)CCC13CCCCC21N(CC1CC1)CC3. The average molecular weight is 398 g/mol. The lowest BCUT2D eigenvalue weighted by Crippen LogP contribution is -2.55. The Kier molecular flexibility index (Phi) is 5.52. The molecule has 3 fully saturated rings. The number of fused-ring (bicyclic) bond motifs is 1. The second kappa shape index (κ2) is 7.94. The maximum Gasteiger partial charge on any atom is 0.328 e. The third-order valence-electron chi connectivity index (χ3n) is 7.60. The van der Waals surface area contributed by atoms with Crippen LogP contribution in [0, 0.1) is 11.3 Å². The summed E-state index contributed by atoms with van der Waals surface area (Å²) in [5, 5.41) is 15.6. The van der Waals surface area contributed by atoms with Crippen LogP contribution in [0.15, 0.2) is 36.4 Å². The molecule has 0 radical (unpaired) electrons. The smallest absolute Gasteiger partial charge is 0.328 e. The monoisotopic (exact) mass is 397 g/mol. The van der Waals surface area contributed by atoms with Crippen molar-refractivity contribution in [3.63, 3.8) is 0 Å². The fourth-order valence-corrected chi connectivity index (χ4v) is 6.25. The highest BCUT2D eigenvalue weighted by molar-refractivity contribution is 5.89. The highest BCUT2D eigenvalue weighted by Gasteiger charge is 2.62. The summed E-state index contributed by atoms with van der Waals surface area (Å²) < 4.78 is 0. The lowest BCUT2D eigenvalue weighted by molar-refractivity contribution is -0.134. The Morgan fingerprint density at radius 2 is 1.69 bits per heavy atom. The van der Waals surface area contributed by atoms with Crippen LogP contribution in [0.2, 0.25) is 0 Å². The Balaban J connectivity index is 0.000000221.